The van der Waals surface area contributed by atoms with E-state index in [2.05, 4.69) is 6.58 Å². The Morgan fingerprint density at radius 3 is 1.69 bits per heavy atom. The molecule has 0 saturated carbocycles. The number of unbranched alkanes of at least 4 members (excludes halogenated alkanes) is 1. The molecule has 0 amide bonds. The van der Waals surface area contributed by atoms with Crippen molar-refractivity contribution < 1.29 is 34.0 Å². The van der Waals surface area contributed by atoms with Crippen LogP contribution in [0, 0.1) is 0 Å². The van der Waals surface area contributed by atoms with E-state index in [9.17, 15) is 29.4 Å². The summed E-state index contributed by atoms with van der Waals surface area (Å²) in [4.78, 5) is 0. The number of hydrogen-bond acceptors (Lipinski definition) is 2. The van der Waals surface area contributed by atoms with Gasteiger partial charge < -0.3 is 0 Å². The Hall–Kier alpha value is 0.327. The predicted molar refractivity (Wildman–Crippen MR) is 55.5 cm³/mol. The molecule has 0 aromatic rings. The zero-order chi connectivity index (χ0) is 12.8. The van der Waals surface area contributed by atoms with Gasteiger partial charge in [0.25, 0.3) is 10.1 Å². The molecule has 0 rings (SSSR count). The van der Waals surface area contributed by atoms with E-state index in [-0.39, 0.29) is 24.6 Å². The van der Waals surface area contributed by atoms with Crippen LogP contribution < -0.4 is 0 Å². The average molecular weight is 284 g/mol. The van der Waals surface area contributed by atoms with Crippen LogP contribution in [0.5, 0.6) is 0 Å². The van der Waals surface area contributed by atoms with Crippen LogP contribution in [0.1, 0.15) is 12.8 Å². The van der Waals surface area contributed by atoms with Crippen LogP contribution in [0.4, 0.5) is 21.0 Å². The van der Waals surface area contributed by atoms with Crippen LogP contribution in [0.3, 0.4) is 0 Å². The second kappa shape index (κ2) is 7.61. The maximum atomic E-state index is 10.0. The summed E-state index contributed by atoms with van der Waals surface area (Å²) in [7, 11) is -12.3. The molecule has 0 aliphatic rings. The van der Waals surface area contributed by atoms with E-state index in [1.807, 2.05) is 0 Å². The van der Waals surface area contributed by atoms with Crippen LogP contribution in [-0.2, 0) is 10.1 Å². The molecule has 96 valence electrons. The van der Waals surface area contributed by atoms with Crippen molar-refractivity contribution in [3.8, 4) is 0 Å². The molecule has 0 saturated heterocycles. The second-order valence-corrected chi connectivity index (χ2v) is 5.21. The first-order valence-corrected chi connectivity index (χ1v) is 6.77. The molecule has 0 aromatic heterocycles. The summed E-state index contributed by atoms with van der Waals surface area (Å²) >= 11 is 0. The van der Waals surface area contributed by atoms with Gasteiger partial charge in [0.2, 0.25) is 0 Å². The first kappa shape index (κ1) is 21.6. The van der Waals surface area contributed by atoms with E-state index < -0.39 is 18.3 Å². The fourth-order valence-corrected chi connectivity index (χ4v) is 0.942. The Morgan fingerprint density at radius 1 is 1.19 bits per heavy atom. The second-order valence-electron chi connectivity index (χ2n) is 2.36. The van der Waals surface area contributed by atoms with Crippen molar-refractivity contribution in [1.82, 2.24) is 0 Å². The summed E-state index contributed by atoms with van der Waals surface area (Å²) in [5.41, 5.74) is 0. The molecule has 0 aliphatic heterocycles. The van der Waals surface area contributed by atoms with Crippen LogP contribution >= 0.6 is 8.16 Å². The minimum atomic E-state index is -8.55. The van der Waals surface area contributed by atoms with E-state index in [4.69, 9.17) is 4.55 Å². The van der Waals surface area contributed by atoms with Gasteiger partial charge in [-0.3, -0.25) is 4.55 Å². The summed E-state index contributed by atoms with van der Waals surface area (Å²) in [6, 6.07) is 0. The van der Waals surface area contributed by atoms with Gasteiger partial charge >= 0.3 is 48.0 Å². The molecular weight excluding hydrogens is 273 g/mol. The first-order chi connectivity index (χ1) is 6.30. The number of hydrogen-bond donors (Lipinski definition) is 1. The molecule has 0 aliphatic carbocycles. The van der Waals surface area contributed by atoms with Crippen LogP contribution in [0.2, 0.25) is 0 Å². The average Bonchev–Trinajstić information content (AvgIpc) is 1.78. The third-order valence-corrected chi connectivity index (χ3v) is 1.62. The van der Waals surface area contributed by atoms with Crippen molar-refractivity contribution in [3.05, 3.63) is 12.7 Å². The van der Waals surface area contributed by atoms with E-state index in [0.717, 1.165) is 0 Å². The predicted octanol–water partition coefficient (Wildman–Crippen LogP) is 3.15. The number of halogens is 5. The molecular formula is C5H11F5LiO3PS. The summed E-state index contributed by atoms with van der Waals surface area (Å²) in [6.45, 7) is 3.40. The monoisotopic (exact) mass is 284 g/mol. The molecule has 0 fully saturated rings. The summed E-state index contributed by atoms with van der Waals surface area (Å²) in [6.07, 6.45) is 2.69. The molecule has 0 unspecified atom stereocenters. The van der Waals surface area contributed by atoms with Crippen molar-refractivity contribution >= 4 is 37.1 Å². The molecule has 1 N–H and O–H groups in total. The Balaban J connectivity index is -0.000000214. The summed E-state index contributed by atoms with van der Waals surface area (Å²) in [5, 5.41) is 0. The van der Waals surface area contributed by atoms with E-state index in [0.29, 0.717) is 12.8 Å². The van der Waals surface area contributed by atoms with Gasteiger partial charge in [-0.15, -0.1) is 6.58 Å². The summed E-state index contributed by atoms with van der Waals surface area (Å²) < 4.78 is 77.4. The van der Waals surface area contributed by atoms with Crippen molar-refractivity contribution in [2.45, 2.75) is 12.8 Å². The van der Waals surface area contributed by atoms with Crippen molar-refractivity contribution in [2.75, 3.05) is 5.75 Å². The Labute approximate surface area is 103 Å². The normalized spacial score (nSPS) is 13.5. The van der Waals surface area contributed by atoms with Gasteiger partial charge in [0.15, 0.2) is 0 Å². The van der Waals surface area contributed by atoms with Gasteiger partial charge in [0, 0.05) is 0 Å². The van der Waals surface area contributed by atoms with Gasteiger partial charge in [-0.2, -0.15) is 8.42 Å². The fraction of sp³-hybridized carbons (Fsp3) is 0.600. The zero-order valence-corrected chi connectivity index (χ0v) is 9.13. The molecule has 0 heterocycles. The Bertz CT molecular complexity index is 282. The Kier molecular flexibility index (Phi) is 10.3. The molecule has 0 atom stereocenters. The molecule has 16 heavy (non-hydrogen) atoms. The standard InChI is InChI=1S/C5H10O3S.F5P.Li.H/c1-2-3-4-5-9(6,7)8;1-6(2,3,4)5;;/h2H,1,3-5H2,(H,6,7,8);;;. The number of allylic oxidation sites excluding steroid dienone is 1. The maximum absolute atomic E-state index is 10.0. The molecule has 0 radical (unpaired) electrons. The van der Waals surface area contributed by atoms with Crippen molar-refractivity contribution in [2.24, 2.45) is 0 Å². The van der Waals surface area contributed by atoms with E-state index >= 15 is 0 Å². The van der Waals surface area contributed by atoms with Gasteiger partial charge in [0.05, 0.1) is 5.75 Å². The third kappa shape index (κ3) is 63.6. The van der Waals surface area contributed by atoms with Crippen LogP contribution in [0.25, 0.3) is 0 Å². The Morgan fingerprint density at radius 2 is 1.50 bits per heavy atom. The van der Waals surface area contributed by atoms with E-state index in [1.165, 1.54) is 0 Å². The molecule has 0 spiro atoms. The van der Waals surface area contributed by atoms with Crippen molar-refractivity contribution in [3.63, 3.8) is 0 Å². The minimum absolute atomic E-state index is 0. The van der Waals surface area contributed by atoms with Gasteiger partial charge in [-0.05, 0) is 12.8 Å². The molecule has 0 bridgehead atoms. The molecule has 11 heteroatoms. The quantitative estimate of drug-likeness (QED) is 0.215. The van der Waals surface area contributed by atoms with Gasteiger partial charge in [-0.25, -0.2) is 0 Å². The first-order valence-electron chi connectivity index (χ1n) is 3.47. The fourth-order valence-electron chi connectivity index (χ4n) is 0.410. The third-order valence-electron chi connectivity index (χ3n) is 0.811. The number of rotatable bonds is 4. The van der Waals surface area contributed by atoms with Crippen LogP contribution in [0.15, 0.2) is 12.7 Å². The van der Waals surface area contributed by atoms with E-state index in [1.54, 1.807) is 6.08 Å². The zero-order valence-electron chi connectivity index (χ0n) is 7.41. The summed E-state index contributed by atoms with van der Waals surface area (Å²) in [5.74, 6) is -0.168. The molecule has 0 aromatic carbocycles. The topological polar surface area (TPSA) is 54.4 Å². The molecule has 3 nitrogen and oxygen atoms in total. The van der Waals surface area contributed by atoms with Gasteiger partial charge in [-0.1, -0.05) is 6.08 Å². The van der Waals surface area contributed by atoms with Crippen LogP contribution in [-0.4, -0.2) is 37.6 Å². The van der Waals surface area contributed by atoms with Gasteiger partial charge in [0.1, 0.15) is 0 Å². The SMILES string of the molecule is C=CCCCS(=O)(=O)O.FP(F)(F)(F)F.[LiH]. The van der Waals surface area contributed by atoms with Crippen molar-refractivity contribution in [1.29, 1.82) is 0 Å².